The van der Waals surface area contributed by atoms with Crippen molar-refractivity contribution in [2.45, 2.75) is 25.7 Å². The van der Waals surface area contributed by atoms with Crippen LogP contribution in [0.4, 0.5) is 0 Å². The molecule has 1 aliphatic carbocycles. The fourth-order valence-corrected chi connectivity index (χ4v) is 6.31. The fraction of sp³-hybridized carbons (Fsp3) is 0.0952. The van der Waals surface area contributed by atoms with Crippen LogP contribution in [-0.2, 0) is 55.0 Å². The van der Waals surface area contributed by atoms with Crippen molar-refractivity contribution in [3.63, 3.8) is 0 Å². The van der Waals surface area contributed by atoms with Crippen molar-refractivity contribution in [2.75, 3.05) is 0 Å². The number of hydrogen-bond donors (Lipinski definition) is 0. The summed E-state index contributed by atoms with van der Waals surface area (Å²) in [6.45, 7) is 0. The summed E-state index contributed by atoms with van der Waals surface area (Å²) in [4.78, 5) is 18.9. The van der Waals surface area contributed by atoms with Crippen molar-refractivity contribution < 1.29 is 51.6 Å². The summed E-state index contributed by atoms with van der Waals surface area (Å²) in [5, 5.41) is 1.95. The second kappa shape index (κ2) is 15.1. The third-order valence-electron chi connectivity index (χ3n) is 8.64. The minimum Gasteiger partial charge on any atom is -0.503 e. The van der Waals surface area contributed by atoms with Crippen LogP contribution in [0.2, 0.25) is 0 Å². The molecule has 0 saturated carbocycles. The molecule has 0 atom stereocenters. The topological polar surface area (TPSA) is 75.0 Å². The van der Waals surface area contributed by atoms with Crippen molar-refractivity contribution >= 4 is 21.8 Å². The number of aryl methyl sites for hydroxylation is 2. The second-order valence-corrected chi connectivity index (χ2v) is 11.8. The summed E-state index contributed by atoms with van der Waals surface area (Å²) >= 11 is 0. The summed E-state index contributed by atoms with van der Waals surface area (Å²) < 4.78 is 14.7. The minimum atomic E-state index is 0. The molecular formula is C42H27N5O2Pt2. The first-order valence-corrected chi connectivity index (χ1v) is 16.3. The van der Waals surface area contributed by atoms with Crippen LogP contribution in [0, 0.1) is 24.3 Å². The molecule has 0 bridgehead atoms. The van der Waals surface area contributed by atoms with E-state index in [4.69, 9.17) is 19.4 Å². The van der Waals surface area contributed by atoms with Gasteiger partial charge >= 0.3 is 42.1 Å². The Labute approximate surface area is 324 Å². The molecule has 0 unspecified atom stereocenters. The Balaban J connectivity index is 0.00000203. The molecule has 8 aromatic rings. The normalized spacial score (nSPS) is 12.1. The second-order valence-electron chi connectivity index (χ2n) is 11.8. The van der Waals surface area contributed by atoms with E-state index in [1.54, 1.807) is 12.4 Å². The maximum atomic E-state index is 6.34. The van der Waals surface area contributed by atoms with Gasteiger partial charge in [-0.15, -0.1) is 71.8 Å². The van der Waals surface area contributed by atoms with E-state index in [0.717, 1.165) is 75.7 Å². The first-order valence-electron chi connectivity index (χ1n) is 16.3. The number of pyridine rings is 2. The molecule has 4 aromatic carbocycles. The molecule has 1 aliphatic rings. The van der Waals surface area contributed by atoms with Crippen molar-refractivity contribution in [1.29, 1.82) is 0 Å². The average molecular weight is 1020 g/mol. The number of rotatable bonds is 7. The zero-order chi connectivity index (χ0) is 32.6. The van der Waals surface area contributed by atoms with Crippen molar-refractivity contribution in [1.82, 2.24) is 24.5 Å². The quantitative estimate of drug-likeness (QED) is 0.148. The van der Waals surface area contributed by atoms with Crippen molar-refractivity contribution in [3.05, 3.63) is 151 Å². The molecule has 4 aromatic heterocycles. The molecular weight excluding hydrogens is 997 g/mol. The van der Waals surface area contributed by atoms with E-state index < -0.39 is 0 Å². The third-order valence-corrected chi connectivity index (χ3v) is 8.64. The first-order chi connectivity index (χ1) is 24.2. The maximum Gasteiger partial charge on any atom is 2.00 e. The predicted molar refractivity (Wildman–Crippen MR) is 188 cm³/mol. The SMILES string of the molecule is [Pt+2].[Pt+2].[c-]1c(Oc2[c-]c3c(cc2)c2ccc(Oc4[c-]c(-c5ccccn5)ccc4)[c-]c2n3-c2ncc3c(n2)CCCC3)cccc1-c1ccccn1. The molecule has 0 amide bonds. The van der Waals surface area contributed by atoms with Crippen LogP contribution in [0.5, 0.6) is 23.0 Å². The Hall–Kier alpha value is -4.96. The Morgan fingerprint density at radius 1 is 0.529 bits per heavy atom. The van der Waals surface area contributed by atoms with Gasteiger partial charge in [0, 0.05) is 47.3 Å². The Kier molecular flexibility index (Phi) is 10.2. The third kappa shape index (κ3) is 7.02. The predicted octanol–water partition coefficient (Wildman–Crippen LogP) is 9.36. The van der Waals surface area contributed by atoms with Crippen LogP contribution in [0.1, 0.15) is 24.1 Å². The number of ether oxygens (including phenoxy) is 2. The van der Waals surface area contributed by atoms with E-state index in [0.29, 0.717) is 28.9 Å². The van der Waals surface area contributed by atoms with Gasteiger partial charge in [0.05, 0.1) is 0 Å². The zero-order valence-corrected chi connectivity index (χ0v) is 31.5. The van der Waals surface area contributed by atoms with Crippen LogP contribution in [0.3, 0.4) is 0 Å². The van der Waals surface area contributed by atoms with Gasteiger partial charge in [-0.2, -0.15) is 22.9 Å². The first kappa shape index (κ1) is 34.5. The van der Waals surface area contributed by atoms with E-state index in [2.05, 4.69) is 34.2 Å². The van der Waals surface area contributed by atoms with E-state index in [9.17, 15) is 0 Å². The number of benzene rings is 4. The summed E-state index contributed by atoms with van der Waals surface area (Å²) in [6, 6.07) is 44.8. The molecule has 0 fully saturated rings. The number of aromatic nitrogens is 5. The van der Waals surface area contributed by atoms with Crippen LogP contribution < -0.4 is 9.47 Å². The molecule has 7 nitrogen and oxygen atoms in total. The summed E-state index contributed by atoms with van der Waals surface area (Å²) in [7, 11) is 0. The molecule has 9 rings (SSSR count). The Bertz CT molecular complexity index is 2330. The number of nitrogens with zero attached hydrogens (tertiary/aromatic N) is 5. The van der Waals surface area contributed by atoms with Crippen molar-refractivity contribution in [3.8, 4) is 51.5 Å². The van der Waals surface area contributed by atoms with E-state index >= 15 is 0 Å². The van der Waals surface area contributed by atoms with Gasteiger partial charge < -0.3 is 24.0 Å². The average Bonchev–Trinajstić information content (AvgIpc) is 3.48. The maximum absolute atomic E-state index is 6.34. The van der Waals surface area contributed by atoms with Gasteiger partial charge in [-0.05, 0) is 54.8 Å². The molecule has 0 saturated heterocycles. The van der Waals surface area contributed by atoms with Gasteiger partial charge in [0.15, 0.2) is 0 Å². The van der Waals surface area contributed by atoms with Gasteiger partial charge in [-0.25, -0.2) is 9.97 Å². The van der Waals surface area contributed by atoms with Crippen LogP contribution in [0.15, 0.2) is 116 Å². The molecule has 4 heterocycles. The summed E-state index contributed by atoms with van der Waals surface area (Å²) in [5.74, 6) is 2.79. The molecule has 252 valence electrons. The standard InChI is InChI=1S/C42H27N5O2.2Pt/c1-2-16-39-30(9-1)27-45-42(46-39)47-40-25-33(48-31-12-7-10-28(23-31)37-14-3-5-21-43-37)17-19-35(40)36-20-18-34(26-41(36)47)49-32-13-8-11-29(24-32)38-15-4-6-22-44-38;;/h3-8,10-15,17-22,27H,1-2,9,16H2;;/q-4;2*+2. The fourth-order valence-electron chi connectivity index (χ4n) is 6.31. The van der Waals surface area contributed by atoms with Crippen molar-refractivity contribution in [2.24, 2.45) is 0 Å². The molecule has 9 heteroatoms. The van der Waals surface area contributed by atoms with Gasteiger partial charge in [-0.3, -0.25) is 0 Å². The summed E-state index contributed by atoms with van der Waals surface area (Å²) in [5.41, 5.74) is 7.21. The number of hydrogen-bond acceptors (Lipinski definition) is 6. The molecule has 0 radical (unpaired) electrons. The molecule has 0 aliphatic heterocycles. The van der Waals surface area contributed by atoms with Gasteiger partial charge in [0.25, 0.3) is 0 Å². The van der Waals surface area contributed by atoms with Crippen LogP contribution in [-0.4, -0.2) is 24.5 Å². The van der Waals surface area contributed by atoms with Crippen LogP contribution >= 0.6 is 0 Å². The molecule has 0 N–H and O–H groups in total. The summed E-state index contributed by atoms with van der Waals surface area (Å²) in [6.07, 6.45) is 9.71. The minimum absolute atomic E-state index is 0. The largest absolute Gasteiger partial charge is 2.00 e. The van der Waals surface area contributed by atoms with E-state index in [1.165, 1.54) is 5.56 Å². The zero-order valence-electron chi connectivity index (χ0n) is 27.0. The smallest absolute Gasteiger partial charge is 0.503 e. The Morgan fingerprint density at radius 2 is 1.08 bits per heavy atom. The van der Waals surface area contributed by atoms with Gasteiger partial charge in [-0.1, -0.05) is 47.4 Å². The Morgan fingerprint density at radius 3 is 1.63 bits per heavy atom. The monoisotopic (exact) mass is 1020 g/mol. The van der Waals surface area contributed by atoms with E-state index in [1.807, 2.05) is 108 Å². The van der Waals surface area contributed by atoms with Gasteiger partial charge in [0.2, 0.25) is 5.95 Å². The molecule has 0 spiro atoms. The number of fused-ring (bicyclic) bond motifs is 4. The van der Waals surface area contributed by atoms with Crippen LogP contribution in [0.25, 0.3) is 50.3 Å². The molecule has 51 heavy (non-hydrogen) atoms. The van der Waals surface area contributed by atoms with E-state index in [-0.39, 0.29) is 42.1 Å². The van der Waals surface area contributed by atoms with Gasteiger partial charge in [0.1, 0.15) is 0 Å².